The van der Waals surface area contributed by atoms with Crippen molar-refractivity contribution in [3.8, 4) is 11.1 Å². The van der Waals surface area contributed by atoms with Crippen molar-refractivity contribution in [1.82, 2.24) is 15.7 Å². The number of carbonyl (C=O) groups excluding carboxylic acids is 3. The van der Waals surface area contributed by atoms with E-state index in [1.807, 2.05) is 75.4 Å². The number of benzene rings is 2. The highest BCUT2D eigenvalue weighted by Gasteiger charge is 2.37. The molecule has 2 aromatic rings. The second kappa shape index (κ2) is 11.8. The van der Waals surface area contributed by atoms with Crippen LogP contribution < -0.4 is 16.1 Å². The number of carbonyl (C=O) groups is 3. The Labute approximate surface area is 207 Å². The van der Waals surface area contributed by atoms with Gasteiger partial charge in [0.25, 0.3) is 5.91 Å². The van der Waals surface area contributed by atoms with Gasteiger partial charge < -0.3 is 15.5 Å². The van der Waals surface area contributed by atoms with E-state index in [1.165, 1.54) is 4.90 Å². The summed E-state index contributed by atoms with van der Waals surface area (Å²) in [5.41, 5.74) is 3.72. The summed E-state index contributed by atoms with van der Waals surface area (Å²) in [6.07, 6.45) is 4.20. The summed E-state index contributed by atoms with van der Waals surface area (Å²) < 4.78 is 0. The van der Waals surface area contributed by atoms with Gasteiger partial charge >= 0.3 is 6.03 Å². The molecule has 1 unspecified atom stereocenters. The normalized spacial score (nSPS) is 14.7. The molecule has 1 aliphatic carbocycles. The Morgan fingerprint density at radius 2 is 1.57 bits per heavy atom. The SMILES string of the molecule is CC(C)(C)C(NC(=O)Nc1ccc(-c2ccccc2)cc1)C(=O)N(CC(=O)NO)CC1CCCC1. The van der Waals surface area contributed by atoms with Crippen LogP contribution in [0.1, 0.15) is 46.5 Å². The standard InChI is InChI=1S/C27H36N4O4/c1-27(2,3)24(25(33)31(18-23(32)30-35)17-19-9-7-8-10-19)29-26(34)28-22-15-13-21(14-16-22)20-11-5-4-6-12-20/h4-6,11-16,19,24,35H,7-10,17-18H2,1-3H3,(H,30,32)(H2,28,29,34). The number of hydrogen-bond donors (Lipinski definition) is 4. The van der Waals surface area contributed by atoms with Crippen LogP contribution in [0.15, 0.2) is 54.6 Å². The topological polar surface area (TPSA) is 111 Å². The molecule has 0 aromatic heterocycles. The summed E-state index contributed by atoms with van der Waals surface area (Å²) in [5.74, 6) is -0.697. The van der Waals surface area contributed by atoms with Crippen molar-refractivity contribution in [3.05, 3.63) is 54.6 Å². The molecule has 0 radical (unpaired) electrons. The Morgan fingerprint density at radius 3 is 2.14 bits per heavy atom. The molecular formula is C27H36N4O4. The molecule has 188 valence electrons. The number of amides is 4. The van der Waals surface area contributed by atoms with Crippen LogP contribution >= 0.6 is 0 Å². The molecule has 4 N–H and O–H groups in total. The van der Waals surface area contributed by atoms with Gasteiger partial charge in [0, 0.05) is 12.2 Å². The van der Waals surface area contributed by atoms with Gasteiger partial charge in [-0.1, -0.05) is 76.1 Å². The van der Waals surface area contributed by atoms with Crippen molar-refractivity contribution in [2.75, 3.05) is 18.4 Å². The van der Waals surface area contributed by atoms with E-state index in [0.717, 1.165) is 36.8 Å². The lowest BCUT2D eigenvalue weighted by molar-refractivity contribution is -0.142. The largest absolute Gasteiger partial charge is 0.331 e. The van der Waals surface area contributed by atoms with E-state index in [0.29, 0.717) is 18.2 Å². The molecule has 0 heterocycles. The Balaban J connectivity index is 1.70. The van der Waals surface area contributed by atoms with Crippen molar-refractivity contribution in [1.29, 1.82) is 0 Å². The van der Waals surface area contributed by atoms with Gasteiger partial charge in [0.05, 0.1) is 0 Å². The van der Waals surface area contributed by atoms with Crippen LogP contribution in [0.3, 0.4) is 0 Å². The van der Waals surface area contributed by atoms with Gasteiger partial charge in [-0.05, 0) is 47.4 Å². The molecule has 1 aliphatic rings. The van der Waals surface area contributed by atoms with Gasteiger partial charge in [0.1, 0.15) is 12.6 Å². The van der Waals surface area contributed by atoms with E-state index >= 15 is 0 Å². The van der Waals surface area contributed by atoms with Gasteiger partial charge in [0.2, 0.25) is 5.91 Å². The summed E-state index contributed by atoms with van der Waals surface area (Å²) in [5, 5.41) is 14.6. The number of urea groups is 1. The van der Waals surface area contributed by atoms with E-state index < -0.39 is 23.4 Å². The first-order valence-electron chi connectivity index (χ1n) is 12.1. The lowest BCUT2D eigenvalue weighted by Crippen LogP contribution is -2.57. The fourth-order valence-electron chi connectivity index (χ4n) is 4.45. The average Bonchev–Trinajstić information content (AvgIpc) is 3.35. The zero-order valence-electron chi connectivity index (χ0n) is 20.7. The first kappa shape index (κ1) is 26.2. The molecule has 0 spiro atoms. The highest BCUT2D eigenvalue weighted by atomic mass is 16.5. The Morgan fingerprint density at radius 1 is 0.971 bits per heavy atom. The van der Waals surface area contributed by atoms with Crippen LogP contribution in [0.2, 0.25) is 0 Å². The molecule has 8 nitrogen and oxygen atoms in total. The van der Waals surface area contributed by atoms with Crippen LogP contribution in [-0.4, -0.2) is 47.1 Å². The van der Waals surface area contributed by atoms with E-state index in [4.69, 9.17) is 5.21 Å². The molecular weight excluding hydrogens is 444 g/mol. The van der Waals surface area contributed by atoms with Crippen molar-refractivity contribution >= 4 is 23.5 Å². The van der Waals surface area contributed by atoms with E-state index in [2.05, 4.69) is 10.6 Å². The maximum Gasteiger partial charge on any atom is 0.319 e. The lowest BCUT2D eigenvalue weighted by atomic mass is 9.85. The van der Waals surface area contributed by atoms with Gasteiger partial charge in [-0.15, -0.1) is 0 Å². The van der Waals surface area contributed by atoms with Gasteiger partial charge in [0.15, 0.2) is 0 Å². The molecule has 8 heteroatoms. The maximum absolute atomic E-state index is 13.5. The third kappa shape index (κ3) is 7.55. The lowest BCUT2D eigenvalue weighted by Gasteiger charge is -2.35. The van der Waals surface area contributed by atoms with Gasteiger partial charge in [-0.2, -0.15) is 0 Å². The van der Waals surface area contributed by atoms with Crippen LogP contribution in [-0.2, 0) is 9.59 Å². The number of hydrogen-bond acceptors (Lipinski definition) is 4. The molecule has 1 atom stereocenters. The van der Waals surface area contributed by atoms with Crippen molar-refractivity contribution in [3.63, 3.8) is 0 Å². The van der Waals surface area contributed by atoms with Crippen LogP contribution in [0.4, 0.5) is 10.5 Å². The van der Waals surface area contributed by atoms with Crippen LogP contribution in [0.25, 0.3) is 11.1 Å². The smallest absolute Gasteiger partial charge is 0.319 e. The van der Waals surface area contributed by atoms with Crippen LogP contribution in [0, 0.1) is 11.3 Å². The van der Waals surface area contributed by atoms with Crippen molar-refractivity contribution < 1.29 is 19.6 Å². The Kier molecular flexibility index (Phi) is 8.87. The summed E-state index contributed by atoms with van der Waals surface area (Å²) in [6, 6.07) is 16.0. The van der Waals surface area contributed by atoms with E-state index in [-0.39, 0.29) is 12.5 Å². The molecule has 1 saturated carbocycles. The third-order valence-corrected chi connectivity index (χ3v) is 6.36. The predicted octanol–water partition coefficient (Wildman–Crippen LogP) is 4.41. The minimum atomic E-state index is -0.862. The average molecular weight is 481 g/mol. The quantitative estimate of drug-likeness (QED) is 0.331. The highest BCUT2D eigenvalue weighted by molar-refractivity contribution is 5.95. The highest BCUT2D eigenvalue weighted by Crippen LogP contribution is 2.27. The van der Waals surface area contributed by atoms with Crippen LogP contribution in [0.5, 0.6) is 0 Å². The minimum Gasteiger partial charge on any atom is -0.331 e. The summed E-state index contributed by atoms with van der Waals surface area (Å²) in [6.45, 7) is 5.75. The Hall–Kier alpha value is -3.39. The first-order chi connectivity index (χ1) is 16.7. The summed E-state index contributed by atoms with van der Waals surface area (Å²) in [4.78, 5) is 39.8. The molecule has 0 saturated heterocycles. The number of hydroxylamine groups is 1. The molecule has 4 amide bonds. The number of nitrogens with zero attached hydrogens (tertiary/aromatic N) is 1. The fourth-order valence-corrected chi connectivity index (χ4v) is 4.45. The monoisotopic (exact) mass is 480 g/mol. The van der Waals surface area contributed by atoms with Gasteiger partial charge in [-0.25, -0.2) is 10.3 Å². The number of rotatable bonds is 8. The fraction of sp³-hybridized carbons (Fsp3) is 0.444. The Bertz CT molecular complexity index is 996. The second-order valence-corrected chi connectivity index (χ2v) is 10.2. The summed E-state index contributed by atoms with van der Waals surface area (Å²) >= 11 is 0. The van der Waals surface area contributed by atoms with E-state index in [1.54, 1.807) is 5.48 Å². The molecule has 0 aliphatic heterocycles. The zero-order chi connectivity index (χ0) is 25.4. The third-order valence-electron chi connectivity index (χ3n) is 6.36. The maximum atomic E-state index is 13.5. The number of nitrogens with one attached hydrogen (secondary N) is 3. The predicted molar refractivity (Wildman–Crippen MR) is 136 cm³/mol. The zero-order valence-corrected chi connectivity index (χ0v) is 20.7. The van der Waals surface area contributed by atoms with E-state index in [9.17, 15) is 14.4 Å². The summed E-state index contributed by atoms with van der Waals surface area (Å²) in [7, 11) is 0. The van der Waals surface area contributed by atoms with Crippen molar-refractivity contribution in [2.24, 2.45) is 11.3 Å². The molecule has 0 bridgehead atoms. The first-order valence-corrected chi connectivity index (χ1v) is 12.1. The van der Waals surface area contributed by atoms with Gasteiger partial charge in [-0.3, -0.25) is 14.8 Å². The second-order valence-electron chi connectivity index (χ2n) is 10.2. The molecule has 2 aromatic carbocycles. The molecule has 35 heavy (non-hydrogen) atoms. The minimum absolute atomic E-state index is 0.261. The van der Waals surface area contributed by atoms with Crippen molar-refractivity contribution in [2.45, 2.75) is 52.5 Å². The molecule has 3 rings (SSSR count). The number of anilines is 1. The molecule has 1 fully saturated rings.